The van der Waals surface area contributed by atoms with E-state index in [4.69, 9.17) is 4.74 Å². The minimum absolute atomic E-state index is 0.113. The summed E-state index contributed by atoms with van der Waals surface area (Å²) < 4.78 is 5.80. The zero-order valence-corrected chi connectivity index (χ0v) is 13.9. The van der Waals surface area contributed by atoms with Crippen LogP contribution in [0.15, 0.2) is 0 Å². The number of rotatable bonds is 5. The van der Waals surface area contributed by atoms with Crippen LogP contribution in [-0.4, -0.2) is 54.0 Å². The minimum atomic E-state index is 0.113. The smallest absolute Gasteiger partial charge is 0.167 e. The second kappa shape index (κ2) is 7.52. The highest BCUT2D eigenvalue weighted by molar-refractivity contribution is 5.55. The zero-order valence-electron chi connectivity index (χ0n) is 13.9. The van der Waals surface area contributed by atoms with Crippen LogP contribution in [0.3, 0.4) is 0 Å². The SMILES string of the molecule is Cc1nnc(NCC2CN(CC(C)C)CCO2)c(C#N)c1C. The van der Waals surface area contributed by atoms with Crippen molar-refractivity contribution in [3.8, 4) is 6.07 Å². The average molecular weight is 303 g/mol. The molecule has 1 atom stereocenters. The zero-order chi connectivity index (χ0) is 16.1. The molecule has 0 aliphatic carbocycles. The fourth-order valence-corrected chi connectivity index (χ4v) is 2.67. The highest BCUT2D eigenvalue weighted by Gasteiger charge is 2.21. The van der Waals surface area contributed by atoms with E-state index in [0.717, 1.165) is 37.5 Å². The van der Waals surface area contributed by atoms with Crippen molar-refractivity contribution in [1.29, 1.82) is 5.26 Å². The topological polar surface area (TPSA) is 74.1 Å². The molecule has 0 amide bonds. The van der Waals surface area contributed by atoms with Crippen molar-refractivity contribution in [2.75, 3.05) is 38.1 Å². The van der Waals surface area contributed by atoms with Gasteiger partial charge in [-0.2, -0.15) is 10.4 Å². The van der Waals surface area contributed by atoms with E-state index in [2.05, 4.69) is 40.3 Å². The third-order valence-corrected chi connectivity index (χ3v) is 3.91. The van der Waals surface area contributed by atoms with Gasteiger partial charge in [0.1, 0.15) is 11.6 Å². The summed E-state index contributed by atoms with van der Waals surface area (Å²) >= 11 is 0. The number of aromatic nitrogens is 2. The number of hydrogen-bond acceptors (Lipinski definition) is 6. The highest BCUT2D eigenvalue weighted by atomic mass is 16.5. The molecule has 1 fully saturated rings. The molecule has 1 aliphatic rings. The Morgan fingerprint density at radius 3 is 2.86 bits per heavy atom. The van der Waals surface area contributed by atoms with Gasteiger partial charge in [-0.3, -0.25) is 4.90 Å². The summed E-state index contributed by atoms with van der Waals surface area (Å²) in [5.41, 5.74) is 2.24. The molecule has 120 valence electrons. The molecule has 1 saturated heterocycles. The number of hydrogen-bond donors (Lipinski definition) is 1. The van der Waals surface area contributed by atoms with Crippen LogP contribution in [0.1, 0.15) is 30.7 Å². The summed E-state index contributed by atoms with van der Waals surface area (Å²) in [5.74, 6) is 1.21. The molecule has 6 heteroatoms. The molecular formula is C16H25N5O. The lowest BCUT2D eigenvalue weighted by molar-refractivity contribution is -0.0244. The highest BCUT2D eigenvalue weighted by Crippen LogP contribution is 2.17. The maximum absolute atomic E-state index is 9.30. The van der Waals surface area contributed by atoms with Gasteiger partial charge in [0.05, 0.1) is 18.4 Å². The van der Waals surface area contributed by atoms with Gasteiger partial charge in [0, 0.05) is 26.2 Å². The number of ether oxygens (including phenoxy) is 1. The van der Waals surface area contributed by atoms with E-state index in [9.17, 15) is 5.26 Å². The summed E-state index contributed by atoms with van der Waals surface area (Å²) in [6.45, 7) is 12.6. The summed E-state index contributed by atoms with van der Waals surface area (Å²) in [5, 5.41) is 20.7. The summed E-state index contributed by atoms with van der Waals surface area (Å²) in [7, 11) is 0. The number of nitrogens with one attached hydrogen (secondary N) is 1. The Morgan fingerprint density at radius 2 is 2.18 bits per heavy atom. The van der Waals surface area contributed by atoms with Crippen molar-refractivity contribution < 1.29 is 4.74 Å². The molecule has 22 heavy (non-hydrogen) atoms. The van der Waals surface area contributed by atoms with Gasteiger partial charge in [0.2, 0.25) is 0 Å². The number of nitrogens with zero attached hydrogens (tertiary/aromatic N) is 4. The first-order valence-electron chi connectivity index (χ1n) is 7.83. The molecule has 1 aliphatic heterocycles. The Kier molecular flexibility index (Phi) is 5.69. The second-order valence-electron chi connectivity index (χ2n) is 6.27. The van der Waals surface area contributed by atoms with E-state index >= 15 is 0 Å². The Bertz CT molecular complexity index is 552. The van der Waals surface area contributed by atoms with Gasteiger partial charge in [0.15, 0.2) is 5.82 Å². The molecule has 0 aromatic carbocycles. The molecule has 0 radical (unpaired) electrons. The number of anilines is 1. The van der Waals surface area contributed by atoms with Crippen LogP contribution in [0.25, 0.3) is 0 Å². The summed E-state index contributed by atoms with van der Waals surface area (Å²) in [6, 6.07) is 2.21. The Hall–Kier alpha value is -1.71. The van der Waals surface area contributed by atoms with Crippen LogP contribution in [-0.2, 0) is 4.74 Å². The minimum Gasteiger partial charge on any atom is -0.374 e. The predicted octanol–water partition coefficient (Wildman–Crippen LogP) is 1.73. The van der Waals surface area contributed by atoms with Crippen LogP contribution in [0, 0.1) is 31.1 Å². The maximum atomic E-state index is 9.30. The molecule has 0 saturated carbocycles. The Balaban J connectivity index is 1.96. The van der Waals surface area contributed by atoms with Gasteiger partial charge in [0.25, 0.3) is 0 Å². The van der Waals surface area contributed by atoms with Crippen LogP contribution >= 0.6 is 0 Å². The summed E-state index contributed by atoms with van der Waals surface area (Å²) in [4.78, 5) is 2.43. The van der Waals surface area contributed by atoms with Gasteiger partial charge >= 0.3 is 0 Å². The van der Waals surface area contributed by atoms with Crippen molar-refractivity contribution >= 4 is 5.82 Å². The van der Waals surface area contributed by atoms with Crippen molar-refractivity contribution in [1.82, 2.24) is 15.1 Å². The largest absolute Gasteiger partial charge is 0.374 e. The average Bonchev–Trinajstić information content (AvgIpc) is 2.48. The Labute approximate surface area is 132 Å². The van der Waals surface area contributed by atoms with Crippen LogP contribution < -0.4 is 5.32 Å². The van der Waals surface area contributed by atoms with E-state index in [-0.39, 0.29) is 6.10 Å². The van der Waals surface area contributed by atoms with Gasteiger partial charge in [-0.05, 0) is 25.3 Å². The first kappa shape index (κ1) is 16.7. The second-order valence-corrected chi connectivity index (χ2v) is 6.27. The van der Waals surface area contributed by atoms with E-state index in [1.807, 2.05) is 13.8 Å². The Morgan fingerprint density at radius 1 is 1.41 bits per heavy atom. The standard InChI is InChI=1S/C16H25N5O/c1-11(2)9-21-5-6-22-14(10-21)8-18-16-15(7-17)12(3)13(4)19-20-16/h11,14H,5-6,8-10H2,1-4H3,(H,18,20). The molecule has 1 N–H and O–H groups in total. The molecular weight excluding hydrogens is 278 g/mol. The third kappa shape index (κ3) is 4.15. The molecule has 0 spiro atoms. The number of aryl methyl sites for hydroxylation is 1. The lowest BCUT2D eigenvalue weighted by Crippen LogP contribution is -2.46. The first-order valence-corrected chi connectivity index (χ1v) is 7.83. The van der Waals surface area contributed by atoms with Crippen molar-refractivity contribution in [3.05, 3.63) is 16.8 Å². The van der Waals surface area contributed by atoms with Gasteiger partial charge < -0.3 is 10.1 Å². The number of morpholine rings is 1. The molecule has 6 nitrogen and oxygen atoms in total. The van der Waals surface area contributed by atoms with Crippen molar-refractivity contribution in [3.63, 3.8) is 0 Å². The molecule has 1 aromatic rings. The number of nitriles is 1. The van der Waals surface area contributed by atoms with Gasteiger partial charge in [-0.15, -0.1) is 5.10 Å². The van der Waals surface area contributed by atoms with Crippen LogP contribution in [0.4, 0.5) is 5.82 Å². The fourth-order valence-electron chi connectivity index (χ4n) is 2.67. The predicted molar refractivity (Wildman–Crippen MR) is 85.7 cm³/mol. The maximum Gasteiger partial charge on any atom is 0.167 e. The molecule has 1 aromatic heterocycles. The van der Waals surface area contributed by atoms with Crippen molar-refractivity contribution in [2.45, 2.75) is 33.8 Å². The molecule has 0 bridgehead atoms. The summed E-state index contributed by atoms with van der Waals surface area (Å²) in [6.07, 6.45) is 0.113. The van der Waals surface area contributed by atoms with Crippen LogP contribution in [0.5, 0.6) is 0 Å². The third-order valence-electron chi connectivity index (χ3n) is 3.91. The van der Waals surface area contributed by atoms with E-state index in [1.165, 1.54) is 0 Å². The quantitative estimate of drug-likeness (QED) is 0.893. The van der Waals surface area contributed by atoms with Crippen molar-refractivity contribution in [2.24, 2.45) is 5.92 Å². The molecule has 1 unspecified atom stereocenters. The van der Waals surface area contributed by atoms with Gasteiger partial charge in [-0.25, -0.2) is 0 Å². The lowest BCUT2D eigenvalue weighted by Gasteiger charge is -2.34. The first-order chi connectivity index (χ1) is 10.5. The monoisotopic (exact) mass is 303 g/mol. The van der Waals surface area contributed by atoms with E-state index < -0.39 is 0 Å². The normalized spacial score (nSPS) is 19.2. The van der Waals surface area contributed by atoms with E-state index in [1.54, 1.807) is 0 Å². The molecule has 2 rings (SSSR count). The molecule has 2 heterocycles. The van der Waals surface area contributed by atoms with E-state index in [0.29, 0.717) is 23.8 Å². The van der Waals surface area contributed by atoms with Crippen LogP contribution in [0.2, 0.25) is 0 Å². The lowest BCUT2D eigenvalue weighted by atomic mass is 10.1. The van der Waals surface area contributed by atoms with Gasteiger partial charge in [-0.1, -0.05) is 13.8 Å². The fraction of sp³-hybridized carbons (Fsp3) is 0.688.